The molecule has 0 atom stereocenters. The lowest BCUT2D eigenvalue weighted by Crippen LogP contribution is -2.46. The van der Waals surface area contributed by atoms with E-state index in [1.165, 1.54) is 50.9 Å². The van der Waals surface area contributed by atoms with Crippen LogP contribution in [0.2, 0.25) is 10.0 Å². The summed E-state index contributed by atoms with van der Waals surface area (Å²) in [5.41, 5.74) is 5.64. The van der Waals surface area contributed by atoms with Crippen LogP contribution in [-0.4, -0.2) is 57.3 Å². The number of likely N-dealkylation sites (tertiary alicyclic amines) is 1. The minimum absolute atomic E-state index is 0.278. The third kappa shape index (κ3) is 5.02. The summed E-state index contributed by atoms with van der Waals surface area (Å²) in [5.74, 6) is 1.44. The molecule has 2 N–H and O–H groups in total. The summed E-state index contributed by atoms with van der Waals surface area (Å²) in [5, 5.41) is 9.82. The molecule has 0 unspecified atom stereocenters. The van der Waals surface area contributed by atoms with Crippen molar-refractivity contribution in [1.29, 1.82) is 0 Å². The van der Waals surface area contributed by atoms with Gasteiger partial charge in [0.15, 0.2) is 5.82 Å². The molecule has 3 aromatic carbocycles. The van der Waals surface area contributed by atoms with Crippen LogP contribution in [0.25, 0.3) is 33.5 Å². The number of ether oxygens (including phenoxy) is 1. The maximum absolute atomic E-state index is 6.32. The zero-order chi connectivity index (χ0) is 27.1. The number of aromatic amines is 2. The van der Waals surface area contributed by atoms with E-state index < -0.39 is 0 Å². The topological polar surface area (TPSA) is 73.1 Å². The van der Waals surface area contributed by atoms with E-state index in [1.807, 2.05) is 36.4 Å². The Kier molecular flexibility index (Phi) is 7.04. The first-order valence-electron chi connectivity index (χ1n) is 14.2. The van der Waals surface area contributed by atoms with Gasteiger partial charge in [-0.15, -0.1) is 0 Å². The number of nitrogens with zero attached hydrogens (tertiary/aromatic N) is 4. The molecule has 7 nitrogen and oxygen atoms in total. The molecule has 2 aromatic heterocycles. The highest BCUT2D eigenvalue weighted by atomic mass is 35.5. The summed E-state index contributed by atoms with van der Waals surface area (Å²) in [6.45, 7) is 5.02. The quantitative estimate of drug-likeness (QED) is 0.220. The summed E-state index contributed by atoms with van der Waals surface area (Å²) in [6.07, 6.45) is 6.58. The van der Waals surface area contributed by atoms with Crippen molar-refractivity contribution in [2.45, 2.75) is 44.8 Å². The molecule has 9 heteroatoms. The number of aromatic nitrogens is 4. The number of piperidine rings is 2. The lowest BCUT2D eigenvalue weighted by atomic mass is 9.99. The highest BCUT2D eigenvalue weighted by molar-refractivity contribution is 6.35. The molecule has 7 rings (SSSR count). The van der Waals surface area contributed by atoms with E-state index in [0.29, 0.717) is 15.8 Å². The number of H-pyrrole nitrogens is 2. The molecule has 2 aliphatic rings. The average molecular weight is 576 g/mol. The summed E-state index contributed by atoms with van der Waals surface area (Å²) in [6, 6.07) is 18.6. The van der Waals surface area contributed by atoms with Gasteiger partial charge in [0.05, 0.1) is 16.6 Å². The predicted octanol–water partition coefficient (Wildman–Crippen LogP) is 7.45. The Balaban J connectivity index is 1.09. The number of hydrogen-bond donors (Lipinski definition) is 2. The molecular weight excluding hydrogens is 543 g/mol. The van der Waals surface area contributed by atoms with Crippen LogP contribution >= 0.6 is 23.2 Å². The van der Waals surface area contributed by atoms with Gasteiger partial charge in [0.1, 0.15) is 18.1 Å². The standard InChI is InChI=1S/C31H32Cl2N6O/c32-25-5-4-6-26(33)24(25)19-40-22-8-10-27-23(18-22)30(37-36-27)31-34-28-9-7-21(17-29(28)35-31)39-15-11-20(12-16-39)38-13-2-1-3-14-38/h4-10,17-18,20H,1-3,11-16,19H2,(H,34,35)(H,36,37). The smallest absolute Gasteiger partial charge is 0.159 e. The van der Waals surface area contributed by atoms with Crippen molar-refractivity contribution < 1.29 is 4.74 Å². The van der Waals surface area contributed by atoms with Crippen molar-refractivity contribution in [2.75, 3.05) is 31.1 Å². The maximum Gasteiger partial charge on any atom is 0.159 e. The van der Waals surface area contributed by atoms with Crippen LogP contribution in [-0.2, 0) is 6.61 Å². The number of benzene rings is 3. The van der Waals surface area contributed by atoms with Gasteiger partial charge in [0.25, 0.3) is 0 Å². The van der Waals surface area contributed by atoms with Crippen molar-refractivity contribution >= 4 is 50.8 Å². The second kappa shape index (κ2) is 11.0. The number of imidazole rings is 1. The first-order valence-corrected chi connectivity index (χ1v) is 14.9. The molecule has 0 aliphatic carbocycles. The Hall–Kier alpha value is -3.26. The molecule has 4 heterocycles. The maximum atomic E-state index is 6.32. The highest BCUT2D eigenvalue weighted by Crippen LogP contribution is 2.32. The van der Waals surface area contributed by atoms with Crippen molar-refractivity contribution in [3.05, 3.63) is 70.2 Å². The van der Waals surface area contributed by atoms with Gasteiger partial charge in [-0.2, -0.15) is 5.10 Å². The zero-order valence-electron chi connectivity index (χ0n) is 22.3. The fourth-order valence-corrected chi connectivity index (χ4v) is 6.67. The van der Waals surface area contributed by atoms with Crippen LogP contribution in [0.4, 0.5) is 5.69 Å². The third-order valence-corrected chi connectivity index (χ3v) is 9.11. The van der Waals surface area contributed by atoms with Crippen LogP contribution in [0.5, 0.6) is 5.75 Å². The van der Waals surface area contributed by atoms with Gasteiger partial charge >= 0.3 is 0 Å². The molecule has 0 saturated carbocycles. The molecule has 0 amide bonds. The number of hydrogen-bond acceptors (Lipinski definition) is 5. The molecule has 2 saturated heterocycles. The number of nitrogens with one attached hydrogen (secondary N) is 2. The number of halogens is 2. The first-order chi connectivity index (χ1) is 19.6. The van der Waals surface area contributed by atoms with E-state index in [4.69, 9.17) is 32.9 Å². The monoisotopic (exact) mass is 574 g/mol. The number of fused-ring (bicyclic) bond motifs is 2. The van der Waals surface area contributed by atoms with Crippen LogP contribution in [0.1, 0.15) is 37.7 Å². The van der Waals surface area contributed by atoms with Crippen LogP contribution in [0, 0.1) is 0 Å². The Morgan fingerprint density at radius 2 is 1.68 bits per heavy atom. The lowest BCUT2D eigenvalue weighted by Gasteiger charge is -2.41. The molecule has 2 aliphatic heterocycles. The van der Waals surface area contributed by atoms with E-state index in [9.17, 15) is 0 Å². The molecule has 0 bridgehead atoms. The first kappa shape index (κ1) is 25.7. The SMILES string of the molecule is Clc1cccc(Cl)c1COc1ccc2[nH]nc(-c3nc4ccc(N5CCC(N6CCCCC6)CC5)cc4[nH]3)c2c1. The number of rotatable bonds is 6. The average Bonchev–Trinajstić information content (AvgIpc) is 3.61. The second-order valence-corrected chi connectivity index (χ2v) is 11.7. The highest BCUT2D eigenvalue weighted by Gasteiger charge is 2.26. The Morgan fingerprint density at radius 3 is 2.48 bits per heavy atom. The van der Waals surface area contributed by atoms with Gasteiger partial charge < -0.3 is 19.5 Å². The van der Waals surface area contributed by atoms with Gasteiger partial charge in [-0.25, -0.2) is 4.98 Å². The third-order valence-electron chi connectivity index (χ3n) is 8.41. The van der Waals surface area contributed by atoms with Gasteiger partial charge in [0.2, 0.25) is 0 Å². The fourth-order valence-electron chi connectivity index (χ4n) is 6.17. The zero-order valence-corrected chi connectivity index (χ0v) is 23.8. The molecule has 0 spiro atoms. The summed E-state index contributed by atoms with van der Waals surface area (Å²) in [7, 11) is 0. The molecule has 40 heavy (non-hydrogen) atoms. The molecule has 5 aromatic rings. The Morgan fingerprint density at radius 1 is 0.875 bits per heavy atom. The van der Waals surface area contributed by atoms with E-state index >= 15 is 0 Å². The van der Waals surface area contributed by atoms with E-state index in [-0.39, 0.29) is 6.61 Å². The predicted molar refractivity (Wildman–Crippen MR) is 163 cm³/mol. The summed E-state index contributed by atoms with van der Waals surface area (Å²) < 4.78 is 6.06. The minimum Gasteiger partial charge on any atom is -0.489 e. The molecular formula is C31H32Cl2N6O. The molecule has 206 valence electrons. The molecule has 2 fully saturated rings. The van der Waals surface area contributed by atoms with Gasteiger partial charge in [-0.3, -0.25) is 5.10 Å². The second-order valence-electron chi connectivity index (χ2n) is 10.9. The largest absolute Gasteiger partial charge is 0.489 e. The Labute approximate surface area is 243 Å². The van der Waals surface area contributed by atoms with Gasteiger partial charge in [0, 0.05) is 45.8 Å². The summed E-state index contributed by atoms with van der Waals surface area (Å²) in [4.78, 5) is 13.6. The van der Waals surface area contributed by atoms with Crippen molar-refractivity contribution in [3.8, 4) is 17.3 Å². The van der Waals surface area contributed by atoms with Crippen LogP contribution in [0.3, 0.4) is 0 Å². The van der Waals surface area contributed by atoms with E-state index in [2.05, 4.69) is 43.2 Å². The van der Waals surface area contributed by atoms with Crippen molar-refractivity contribution in [3.63, 3.8) is 0 Å². The van der Waals surface area contributed by atoms with E-state index in [1.54, 1.807) is 0 Å². The Bertz CT molecular complexity index is 1630. The fraction of sp³-hybridized carbons (Fsp3) is 0.355. The summed E-state index contributed by atoms with van der Waals surface area (Å²) >= 11 is 12.6. The normalized spacial score (nSPS) is 17.2. The lowest BCUT2D eigenvalue weighted by molar-refractivity contribution is 0.141. The van der Waals surface area contributed by atoms with Crippen molar-refractivity contribution in [1.82, 2.24) is 25.1 Å². The molecule has 0 radical (unpaired) electrons. The van der Waals surface area contributed by atoms with Crippen LogP contribution < -0.4 is 9.64 Å². The van der Waals surface area contributed by atoms with Crippen molar-refractivity contribution in [2.24, 2.45) is 0 Å². The van der Waals surface area contributed by atoms with Gasteiger partial charge in [-0.05, 0) is 87.3 Å². The van der Waals surface area contributed by atoms with E-state index in [0.717, 1.165) is 58.1 Å². The van der Waals surface area contributed by atoms with Gasteiger partial charge in [-0.1, -0.05) is 35.7 Å². The number of anilines is 1. The minimum atomic E-state index is 0.278. The van der Waals surface area contributed by atoms with Crippen LogP contribution in [0.15, 0.2) is 54.6 Å².